The van der Waals surface area contributed by atoms with Crippen LogP contribution in [0.4, 0.5) is 0 Å². The summed E-state index contributed by atoms with van der Waals surface area (Å²) in [6.45, 7) is 8.49. The summed E-state index contributed by atoms with van der Waals surface area (Å²) in [5.74, 6) is 4.60. The predicted octanol–water partition coefficient (Wildman–Crippen LogP) is 3.54. The summed E-state index contributed by atoms with van der Waals surface area (Å²) in [6.07, 6.45) is 5.73. The second-order valence-electron chi connectivity index (χ2n) is 6.77. The molecule has 0 bridgehead atoms. The molecule has 0 aromatic carbocycles. The number of hydrogen-bond donors (Lipinski definition) is 1. The van der Waals surface area contributed by atoms with Gasteiger partial charge in [0, 0.05) is 11.8 Å². The molecule has 0 aromatic heterocycles. The van der Waals surface area contributed by atoms with E-state index in [1.54, 1.807) is 0 Å². The molecule has 2 rings (SSSR count). The highest BCUT2D eigenvalue weighted by Gasteiger charge is 2.29. The molecule has 0 amide bonds. The van der Waals surface area contributed by atoms with Crippen molar-refractivity contribution in [2.75, 3.05) is 18.1 Å². The molecular weight excluding hydrogens is 214 g/mol. The Bertz CT molecular complexity index is 227. The Morgan fingerprint density at radius 2 is 2.12 bits per heavy atom. The highest BCUT2D eigenvalue weighted by molar-refractivity contribution is 7.99. The Balaban J connectivity index is 1.69. The summed E-state index contributed by atoms with van der Waals surface area (Å²) in [6, 6.07) is 0.768. The second kappa shape index (κ2) is 5.30. The van der Waals surface area contributed by atoms with Gasteiger partial charge in [0.1, 0.15) is 0 Å². The quantitative estimate of drug-likeness (QED) is 0.811. The van der Waals surface area contributed by atoms with E-state index < -0.39 is 0 Å². The van der Waals surface area contributed by atoms with E-state index in [0.29, 0.717) is 5.41 Å². The molecule has 2 heteroatoms. The lowest BCUT2D eigenvalue weighted by atomic mass is 9.87. The van der Waals surface area contributed by atoms with Crippen LogP contribution in [0.3, 0.4) is 0 Å². The third kappa shape index (κ3) is 3.66. The van der Waals surface area contributed by atoms with Crippen molar-refractivity contribution in [3.63, 3.8) is 0 Å². The number of nitrogens with one attached hydrogen (secondary N) is 1. The maximum absolute atomic E-state index is 3.82. The summed E-state index contributed by atoms with van der Waals surface area (Å²) in [7, 11) is 0. The minimum Gasteiger partial charge on any atom is -0.313 e. The molecule has 1 heterocycles. The van der Waals surface area contributed by atoms with Crippen molar-refractivity contribution >= 4 is 11.8 Å². The Hall–Kier alpha value is 0.310. The van der Waals surface area contributed by atoms with Crippen molar-refractivity contribution in [1.82, 2.24) is 5.32 Å². The highest BCUT2D eigenvalue weighted by atomic mass is 32.2. The molecule has 3 unspecified atom stereocenters. The highest BCUT2D eigenvalue weighted by Crippen LogP contribution is 2.34. The monoisotopic (exact) mass is 241 g/mol. The first-order valence-electron chi connectivity index (χ1n) is 6.86. The van der Waals surface area contributed by atoms with Gasteiger partial charge >= 0.3 is 0 Å². The first kappa shape index (κ1) is 12.8. The molecule has 0 aromatic rings. The predicted molar refractivity (Wildman–Crippen MR) is 74.0 cm³/mol. The lowest BCUT2D eigenvalue weighted by molar-refractivity contribution is 0.306. The molecule has 16 heavy (non-hydrogen) atoms. The summed E-state index contributed by atoms with van der Waals surface area (Å²) >= 11 is 2.13. The summed E-state index contributed by atoms with van der Waals surface area (Å²) in [5, 5.41) is 3.82. The summed E-state index contributed by atoms with van der Waals surface area (Å²) in [5.41, 5.74) is 0.545. The van der Waals surface area contributed by atoms with Gasteiger partial charge in [-0.3, -0.25) is 0 Å². The summed E-state index contributed by atoms with van der Waals surface area (Å²) in [4.78, 5) is 0. The standard InChI is InChI=1S/C14H27NS/c1-11-4-5-12(6-11)8-15-13-7-14(2,3)10-16-9-13/h11-13,15H,4-10H2,1-3H3. The zero-order valence-corrected chi connectivity index (χ0v) is 11.9. The first-order chi connectivity index (χ1) is 7.55. The van der Waals surface area contributed by atoms with E-state index in [0.717, 1.165) is 17.9 Å². The molecule has 2 fully saturated rings. The minimum absolute atomic E-state index is 0.545. The van der Waals surface area contributed by atoms with Gasteiger partial charge in [-0.05, 0) is 48.8 Å². The van der Waals surface area contributed by atoms with Crippen molar-refractivity contribution in [2.45, 2.75) is 52.5 Å². The van der Waals surface area contributed by atoms with E-state index in [1.165, 1.54) is 43.7 Å². The zero-order chi connectivity index (χ0) is 11.6. The van der Waals surface area contributed by atoms with Gasteiger partial charge in [0.15, 0.2) is 0 Å². The number of thioether (sulfide) groups is 1. The third-order valence-electron chi connectivity index (χ3n) is 4.11. The van der Waals surface area contributed by atoms with Crippen LogP contribution in [0.5, 0.6) is 0 Å². The van der Waals surface area contributed by atoms with Crippen LogP contribution in [-0.4, -0.2) is 24.1 Å². The van der Waals surface area contributed by atoms with Gasteiger partial charge in [-0.15, -0.1) is 0 Å². The Morgan fingerprint density at radius 1 is 1.31 bits per heavy atom. The largest absolute Gasteiger partial charge is 0.313 e. The fraction of sp³-hybridized carbons (Fsp3) is 1.00. The van der Waals surface area contributed by atoms with Crippen molar-refractivity contribution in [1.29, 1.82) is 0 Å². The van der Waals surface area contributed by atoms with Gasteiger partial charge in [-0.1, -0.05) is 27.2 Å². The van der Waals surface area contributed by atoms with Crippen LogP contribution >= 0.6 is 11.8 Å². The van der Waals surface area contributed by atoms with Gasteiger partial charge in [0.2, 0.25) is 0 Å². The van der Waals surface area contributed by atoms with E-state index >= 15 is 0 Å². The SMILES string of the molecule is CC1CCC(CNC2CSCC(C)(C)C2)C1. The molecule has 1 aliphatic carbocycles. The maximum Gasteiger partial charge on any atom is 0.0163 e. The average molecular weight is 241 g/mol. The van der Waals surface area contributed by atoms with Gasteiger partial charge in [-0.2, -0.15) is 11.8 Å². The molecule has 3 atom stereocenters. The molecule has 2 aliphatic rings. The van der Waals surface area contributed by atoms with Crippen molar-refractivity contribution in [3.8, 4) is 0 Å². The van der Waals surface area contributed by atoms with E-state index in [2.05, 4.69) is 37.8 Å². The molecule has 1 saturated carbocycles. The van der Waals surface area contributed by atoms with Crippen LogP contribution < -0.4 is 5.32 Å². The number of hydrogen-bond acceptors (Lipinski definition) is 2. The van der Waals surface area contributed by atoms with Crippen LogP contribution in [0.25, 0.3) is 0 Å². The maximum atomic E-state index is 3.82. The van der Waals surface area contributed by atoms with Crippen LogP contribution in [-0.2, 0) is 0 Å². The molecule has 1 aliphatic heterocycles. The molecule has 1 nitrogen and oxygen atoms in total. The molecule has 1 saturated heterocycles. The smallest absolute Gasteiger partial charge is 0.0163 e. The molecule has 0 radical (unpaired) electrons. The van der Waals surface area contributed by atoms with Gasteiger partial charge in [0.05, 0.1) is 0 Å². The molecular formula is C14H27NS. The van der Waals surface area contributed by atoms with Gasteiger partial charge < -0.3 is 5.32 Å². The van der Waals surface area contributed by atoms with Crippen molar-refractivity contribution in [3.05, 3.63) is 0 Å². The lowest BCUT2D eigenvalue weighted by Gasteiger charge is -2.35. The van der Waals surface area contributed by atoms with Crippen LogP contribution in [0, 0.1) is 17.3 Å². The molecule has 0 spiro atoms. The first-order valence-corrected chi connectivity index (χ1v) is 8.02. The lowest BCUT2D eigenvalue weighted by Crippen LogP contribution is -2.42. The van der Waals surface area contributed by atoms with Crippen LogP contribution in [0.2, 0.25) is 0 Å². The normalized spacial score (nSPS) is 38.8. The minimum atomic E-state index is 0.545. The van der Waals surface area contributed by atoms with E-state index in [4.69, 9.17) is 0 Å². The topological polar surface area (TPSA) is 12.0 Å². The van der Waals surface area contributed by atoms with Gasteiger partial charge in [0.25, 0.3) is 0 Å². The summed E-state index contributed by atoms with van der Waals surface area (Å²) < 4.78 is 0. The van der Waals surface area contributed by atoms with Crippen molar-refractivity contribution in [2.24, 2.45) is 17.3 Å². The van der Waals surface area contributed by atoms with E-state index in [-0.39, 0.29) is 0 Å². The molecule has 94 valence electrons. The average Bonchev–Trinajstić information content (AvgIpc) is 2.60. The van der Waals surface area contributed by atoms with Crippen LogP contribution in [0.15, 0.2) is 0 Å². The Morgan fingerprint density at radius 3 is 2.75 bits per heavy atom. The van der Waals surface area contributed by atoms with Crippen LogP contribution in [0.1, 0.15) is 46.5 Å². The Kier molecular flexibility index (Phi) is 4.23. The number of rotatable bonds is 3. The Labute approximate surface area is 105 Å². The van der Waals surface area contributed by atoms with E-state index in [1.807, 2.05) is 0 Å². The van der Waals surface area contributed by atoms with E-state index in [9.17, 15) is 0 Å². The zero-order valence-electron chi connectivity index (χ0n) is 11.1. The van der Waals surface area contributed by atoms with Crippen molar-refractivity contribution < 1.29 is 0 Å². The molecule has 1 N–H and O–H groups in total. The third-order valence-corrected chi connectivity index (χ3v) is 5.73. The second-order valence-corrected chi connectivity index (χ2v) is 7.80. The fourth-order valence-electron chi connectivity index (χ4n) is 3.24. The van der Waals surface area contributed by atoms with Gasteiger partial charge in [-0.25, -0.2) is 0 Å². The fourth-order valence-corrected chi connectivity index (χ4v) is 4.55.